The van der Waals surface area contributed by atoms with Gasteiger partial charge in [0.25, 0.3) is 11.8 Å². The van der Waals surface area contributed by atoms with Crippen LogP contribution >= 0.6 is 0 Å². The molecule has 6 nitrogen and oxygen atoms in total. The van der Waals surface area contributed by atoms with Crippen molar-refractivity contribution in [2.45, 2.75) is 6.92 Å². The highest BCUT2D eigenvalue weighted by Crippen LogP contribution is 2.17. The molecule has 0 atom stereocenters. The van der Waals surface area contributed by atoms with Crippen molar-refractivity contribution in [1.82, 2.24) is 10.9 Å². The molecule has 0 aliphatic carbocycles. The molecule has 0 bridgehead atoms. The number of hydrogen-bond acceptors (Lipinski definition) is 4. The number of benzene rings is 2. The van der Waals surface area contributed by atoms with Crippen LogP contribution in [0.1, 0.15) is 15.9 Å². The van der Waals surface area contributed by atoms with Gasteiger partial charge in [-0.05, 0) is 30.7 Å². The van der Waals surface area contributed by atoms with Crippen LogP contribution in [0, 0.1) is 6.92 Å². The van der Waals surface area contributed by atoms with Crippen LogP contribution in [-0.2, 0) is 4.79 Å². The van der Waals surface area contributed by atoms with E-state index in [2.05, 4.69) is 17.4 Å². The number of carbonyl (C=O) groups is 2. The van der Waals surface area contributed by atoms with Gasteiger partial charge in [-0.1, -0.05) is 43.0 Å². The smallest absolute Gasteiger partial charge is 0.276 e. The Balaban J connectivity index is 1.86. The van der Waals surface area contributed by atoms with E-state index < -0.39 is 11.8 Å². The minimum atomic E-state index is -0.482. The second-order valence-electron chi connectivity index (χ2n) is 5.15. The van der Waals surface area contributed by atoms with Gasteiger partial charge in [0.05, 0.1) is 5.56 Å². The van der Waals surface area contributed by atoms with Gasteiger partial charge in [0.2, 0.25) is 0 Å². The fourth-order valence-corrected chi connectivity index (χ4v) is 2.02. The molecule has 0 saturated heterocycles. The summed E-state index contributed by atoms with van der Waals surface area (Å²) in [5.41, 5.74) is 5.89. The van der Waals surface area contributed by atoms with Crippen molar-refractivity contribution in [3.63, 3.8) is 0 Å². The SMILES string of the molecule is C=CCOc1ccccc1C(=O)NNC(=O)COc1ccccc1C. The lowest BCUT2D eigenvalue weighted by atomic mass is 10.2. The molecule has 0 spiro atoms. The Morgan fingerprint density at radius 3 is 2.40 bits per heavy atom. The normalized spacial score (nSPS) is 9.80. The number of carbonyl (C=O) groups excluding carboxylic acids is 2. The van der Waals surface area contributed by atoms with Crippen molar-refractivity contribution in [3.05, 3.63) is 72.3 Å². The van der Waals surface area contributed by atoms with E-state index in [1.807, 2.05) is 25.1 Å². The van der Waals surface area contributed by atoms with E-state index in [0.717, 1.165) is 5.56 Å². The summed E-state index contributed by atoms with van der Waals surface area (Å²) in [6.45, 7) is 5.52. The molecule has 0 saturated carbocycles. The number of hydrazine groups is 1. The fourth-order valence-electron chi connectivity index (χ4n) is 2.02. The van der Waals surface area contributed by atoms with Gasteiger partial charge in [0, 0.05) is 0 Å². The predicted molar refractivity (Wildman–Crippen MR) is 94.4 cm³/mol. The number of aryl methyl sites for hydroxylation is 1. The number of hydrogen-bond donors (Lipinski definition) is 2. The highest BCUT2D eigenvalue weighted by Gasteiger charge is 2.13. The molecule has 2 aromatic rings. The maximum absolute atomic E-state index is 12.2. The summed E-state index contributed by atoms with van der Waals surface area (Å²) in [6.07, 6.45) is 1.58. The second kappa shape index (κ2) is 9.12. The van der Waals surface area contributed by atoms with Gasteiger partial charge < -0.3 is 9.47 Å². The zero-order chi connectivity index (χ0) is 18.1. The average molecular weight is 340 g/mol. The van der Waals surface area contributed by atoms with Crippen molar-refractivity contribution in [2.75, 3.05) is 13.2 Å². The molecule has 0 heterocycles. The van der Waals surface area contributed by atoms with E-state index in [1.165, 1.54) is 0 Å². The Kier molecular flexibility index (Phi) is 6.59. The van der Waals surface area contributed by atoms with Crippen LogP contribution in [0.2, 0.25) is 0 Å². The minimum Gasteiger partial charge on any atom is -0.489 e. The molecule has 0 aliphatic heterocycles. The third-order valence-corrected chi connectivity index (χ3v) is 3.26. The Labute approximate surface area is 146 Å². The van der Waals surface area contributed by atoms with Crippen molar-refractivity contribution >= 4 is 11.8 Å². The Bertz CT molecular complexity index is 759. The first-order valence-electron chi connectivity index (χ1n) is 7.72. The van der Waals surface area contributed by atoms with E-state index in [9.17, 15) is 9.59 Å². The van der Waals surface area contributed by atoms with Gasteiger partial charge in [-0.2, -0.15) is 0 Å². The number of para-hydroxylation sites is 2. The maximum Gasteiger partial charge on any atom is 0.276 e. The third kappa shape index (κ3) is 5.39. The molecule has 0 aromatic heterocycles. The van der Waals surface area contributed by atoms with Crippen molar-refractivity contribution in [1.29, 1.82) is 0 Å². The van der Waals surface area contributed by atoms with Crippen molar-refractivity contribution in [3.8, 4) is 11.5 Å². The lowest BCUT2D eigenvalue weighted by Gasteiger charge is -2.12. The first-order chi connectivity index (χ1) is 12.1. The summed E-state index contributed by atoms with van der Waals surface area (Å²) in [5.74, 6) is 0.0717. The summed E-state index contributed by atoms with van der Waals surface area (Å²) >= 11 is 0. The molecular formula is C19H20N2O4. The minimum absolute atomic E-state index is 0.209. The molecule has 2 amide bonds. The van der Waals surface area contributed by atoms with Gasteiger partial charge in [0.15, 0.2) is 6.61 Å². The molecule has 2 aromatic carbocycles. The molecule has 0 aliphatic rings. The standard InChI is InChI=1S/C19H20N2O4/c1-3-12-24-17-11-7-5-9-15(17)19(23)21-20-18(22)13-25-16-10-6-4-8-14(16)2/h3-11H,1,12-13H2,2H3,(H,20,22)(H,21,23). The first kappa shape index (κ1) is 18.1. The summed E-state index contributed by atoms with van der Waals surface area (Å²) < 4.78 is 10.8. The third-order valence-electron chi connectivity index (χ3n) is 3.26. The Morgan fingerprint density at radius 2 is 1.68 bits per heavy atom. The highest BCUT2D eigenvalue weighted by atomic mass is 16.5. The summed E-state index contributed by atoms with van der Waals surface area (Å²) in [4.78, 5) is 24.0. The summed E-state index contributed by atoms with van der Waals surface area (Å²) in [7, 11) is 0. The first-order valence-corrected chi connectivity index (χ1v) is 7.72. The number of amides is 2. The van der Waals surface area contributed by atoms with Crippen LogP contribution in [0.25, 0.3) is 0 Å². The molecule has 0 radical (unpaired) electrons. The summed E-state index contributed by atoms with van der Waals surface area (Å²) in [6, 6.07) is 14.1. The zero-order valence-electron chi connectivity index (χ0n) is 14.0. The monoisotopic (exact) mass is 340 g/mol. The lowest BCUT2D eigenvalue weighted by molar-refractivity contribution is -0.123. The van der Waals surface area contributed by atoms with E-state index in [-0.39, 0.29) is 13.2 Å². The van der Waals surface area contributed by atoms with Crippen LogP contribution in [0.4, 0.5) is 0 Å². The van der Waals surface area contributed by atoms with Crippen LogP contribution in [0.15, 0.2) is 61.2 Å². The molecule has 130 valence electrons. The van der Waals surface area contributed by atoms with Crippen LogP contribution < -0.4 is 20.3 Å². The van der Waals surface area contributed by atoms with E-state index in [1.54, 1.807) is 36.4 Å². The predicted octanol–water partition coefficient (Wildman–Crippen LogP) is 2.40. The van der Waals surface area contributed by atoms with Gasteiger partial charge in [-0.25, -0.2) is 0 Å². The molecule has 0 unspecified atom stereocenters. The topological polar surface area (TPSA) is 76.7 Å². The van der Waals surface area contributed by atoms with E-state index >= 15 is 0 Å². The quantitative estimate of drug-likeness (QED) is 0.599. The van der Waals surface area contributed by atoms with Gasteiger partial charge >= 0.3 is 0 Å². The number of nitrogens with one attached hydrogen (secondary N) is 2. The van der Waals surface area contributed by atoms with Gasteiger partial charge in [0.1, 0.15) is 18.1 Å². The van der Waals surface area contributed by atoms with E-state index in [4.69, 9.17) is 9.47 Å². The number of rotatable bonds is 7. The zero-order valence-corrected chi connectivity index (χ0v) is 14.0. The van der Waals surface area contributed by atoms with Crippen LogP contribution in [0.3, 0.4) is 0 Å². The lowest BCUT2D eigenvalue weighted by Crippen LogP contribution is -2.44. The summed E-state index contributed by atoms with van der Waals surface area (Å²) in [5, 5.41) is 0. The Morgan fingerprint density at radius 1 is 1.00 bits per heavy atom. The van der Waals surface area contributed by atoms with Crippen LogP contribution in [0.5, 0.6) is 11.5 Å². The molecule has 0 fully saturated rings. The molecular weight excluding hydrogens is 320 g/mol. The van der Waals surface area contributed by atoms with Crippen LogP contribution in [-0.4, -0.2) is 25.0 Å². The molecule has 6 heteroatoms. The number of ether oxygens (including phenoxy) is 2. The second-order valence-corrected chi connectivity index (χ2v) is 5.15. The highest BCUT2D eigenvalue weighted by molar-refractivity contribution is 5.97. The average Bonchev–Trinajstić information content (AvgIpc) is 2.64. The molecule has 2 rings (SSSR count). The van der Waals surface area contributed by atoms with Crippen molar-refractivity contribution < 1.29 is 19.1 Å². The Hall–Kier alpha value is -3.28. The fraction of sp³-hybridized carbons (Fsp3) is 0.158. The van der Waals surface area contributed by atoms with Gasteiger partial charge in [-0.15, -0.1) is 0 Å². The molecule has 2 N–H and O–H groups in total. The van der Waals surface area contributed by atoms with Crippen molar-refractivity contribution in [2.24, 2.45) is 0 Å². The van der Waals surface area contributed by atoms with Gasteiger partial charge in [-0.3, -0.25) is 20.4 Å². The van der Waals surface area contributed by atoms with E-state index in [0.29, 0.717) is 17.1 Å². The largest absolute Gasteiger partial charge is 0.489 e. The molecule has 25 heavy (non-hydrogen) atoms. The maximum atomic E-state index is 12.2.